The van der Waals surface area contributed by atoms with Crippen molar-refractivity contribution in [2.24, 2.45) is 0 Å². The molecule has 0 fully saturated rings. The summed E-state index contributed by atoms with van der Waals surface area (Å²) in [5.41, 5.74) is 38.1. The van der Waals surface area contributed by atoms with E-state index in [0.717, 1.165) is 0 Å². The van der Waals surface area contributed by atoms with E-state index in [-0.39, 0.29) is 16.2 Å². The van der Waals surface area contributed by atoms with E-state index in [0.29, 0.717) is 20.1 Å². The Morgan fingerprint density at radius 3 is 1.12 bits per heavy atom. The van der Waals surface area contributed by atoms with E-state index in [9.17, 15) is 0 Å². The molecule has 0 unspecified atom stereocenters. The molecular formula is C84H66B3N3. The molecule has 6 aliphatic heterocycles. The maximum atomic E-state index is 2.52. The van der Waals surface area contributed by atoms with Crippen LogP contribution in [0.4, 0.5) is 0 Å². The first-order valence-corrected chi connectivity index (χ1v) is 32.5. The van der Waals surface area contributed by atoms with Crippen molar-refractivity contribution in [3.63, 3.8) is 0 Å². The predicted octanol–water partition coefficient (Wildman–Crippen LogP) is 13.7. The summed E-state index contributed by atoms with van der Waals surface area (Å²) in [5, 5.41) is 8.15. The number of benzene rings is 12. The Bertz CT molecular complexity index is 5700. The van der Waals surface area contributed by atoms with Gasteiger partial charge in [-0.05, 0) is 123 Å². The van der Waals surface area contributed by atoms with Gasteiger partial charge in [0.05, 0.1) is 16.6 Å². The van der Waals surface area contributed by atoms with Crippen molar-refractivity contribution in [1.29, 1.82) is 0 Å². The number of hydrogen-bond acceptors (Lipinski definition) is 0. The average Bonchev–Trinajstić information content (AvgIpc) is 1.36. The second kappa shape index (κ2) is 18.0. The molecule has 0 bridgehead atoms. The highest BCUT2D eigenvalue weighted by atomic mass is 15.0. The second-order valence-electron chi connectivity index (χ2n) is 28.4. The van der Waals surface area contributed by atoms with Crippen molar-refractivity contribution < 1.29 is 0 Å². The second-order valence-corrected chi connectivity index (χ2v) is 28.4. The predicted molar refractivity (Wildman–Crippen MR) is 386 cm³/mol. The zero-order valence-electron chi connectivity index (χ0n) is 52.6. The topological polar surface area (TPSA) is 14.8 Å². The number of rotatable bonds is 0. The van der Waals surface area contributed by atoms with E-state index in [1.54, 1.807) is 0 Å². The van der Waals surface area contributed by atoms with Crippen LogP contribution in [0.1, 0.15) is 91.6 Å². The largest absolute Gasteiger partial charge is 0.310 e. The van der Waals surface area contributed by atoms with Crippen molar-refractivity contribution in [3.05, 3.63) is 287 Å². The lowest BCUT2D eigenvalue weighted by Gasteiger charge is -2.42. The SMILES string of the molecule is Cc1ccc2c(c1)B1c3ccccc3-n3c4ccccc4c4ccc(c1c43)C2(C)C.Cc1ccc2c(c1)C(C)(C)c1ccc3c4ccccc4n4c3c1B2c1ccccc1-4.Cc1cccc2c1B1c3ccccc3-n3c4ccccc4c4ccc(c1c43)C2(C)C. The van der Waals surface area contributed by atoms with Crippen molar-refractivity contribution >= 4 is 135 Å². The lowest BCUT2D eigenvalue weighted by molar-refractivity contribution is 0.645. The zero-order valence-corrected chi connectivity index (χ0v) is 52.6. The number of para-hydroxylation sites is 6. The molecule has 3 nitrogen and oxygen atoms in total. The van der Waals surface area contributed by atoms with Crippen molar-refractivity contribution in [2.75, 3.05) is 0 Å². The summed E-state index contributed by atoms with van der Waals surface area (Å²) in [7, 11) is 0. The van der Waals surface area contributed by atoms with Gasteiger partial charge in [0.2, 0.25) is 20.1 Å². The molecule has 3 aromatic heterocycles. The third-order valence-corrected chi connectivity index (χ3v) is 22.7. The fourth-order valence-corrected chi connectivity index (χ4v) is 18.7. The van der Waals surface area contributed by atoms with Gasteiger partial charge in [-0.2, -0.15) is 0 Å². The first-order chi connectivity index (χ1) is 43.7. The molecule has 0 N–H and O–H groups in total. The summed E-state index contributed by atoms with van der Waals surface area (Å²) >= 11 is 0. The van der Waals surface area contributed by atoms with Gasteiger partial charge in [-0.3, -0.25) is 0 Å². The molecule has 6 aliphatic rings. The molecule has 9 heterocycles. The average molecular weight is 1150 g/mol. The van der Waals surface area contributed by atoms with E-state index in [1.165, 1.54) is 182 Å². The molecule has 426 valence electrons. The molecular weight excluding hydrogens is 1080 g/mol. The molecule has 0 saturated carbocycles. The van der Waals surface area contributed by atoms with Gasteiger partial charge in [-0.15, -0.1) is 0 Å². The maximum Gasteiger partial charge on any atom is 0.247 e. The van der Waals surface area contributed by atoms with Crippen molar-refractivity contribution in [3.8, 4) is 17.1 Å². The molecule has 90 heavy (non-hydrogen) atoms. The van der Waals surface area contributed by atoms with Gasteiger partial charge in [0.15, 0.2) is 0 Å². The molecule has 0 amide bonds. The van der Waals surface area contributed by atoms with Crippen LogP contribution in [0, 0.1) is 20.8 Å². The van der Waals surface area contributed by atoms with Crippen LogP contribution in [0.2, 0.25) is 0 Å². The minimum atomic E-state index is -0.0189. The summed E-state index contributed by atoms with van der Waals surface area (Å²) in [6, 6.07) is 88.9. The minimum absolute atomic E-state index is 0.0172. The Labute approximate surface area is 527 Å². The number of aryl methyl sites for hydroxylation is 3. The monoisotopic (exact) mass is 1150 g/mol. The number of nitrogens with zero attached hydrogens (tertiary/aromatic N) is 3. The summed E-state index contributed by atoms with van der Waals surface area (Å²) < 4.78 is 7.56. The molecule has 21 rings (SSSR count). The maximum absolute atomic E-state index is 2.52. The molecule has 15 aromatic rings. The summed E-state index contributed by atoms with van der Waals surface area (Å²) in [6.07, 6.45) is 0. The van der Waals surface area contributed by atoms with E-state index in [2.05, 4.69) is 313 Å². The highest BCUT2D eigenvalue weighted by Crippen LogP contribution is 2.45. The van der Waals surface area contributed by atoms with Gasteiger partial charge in [0.25, 0.3) is 0 Å². The highest BCUT2D eigenvalue weighted by Gasteiger charge is 2.48. The summed E-state index contributed by atoms with van der Waals surface area (Å²) in [4.78, 5) is 0. The van der Waals surface area contributed by atoms with Crippen molar-refractivity contribution in [2.45, 2.75) is 78.6 Å². The number of aromatic nitrogens is 3. The van der Waals surface area contributed by atoms with E-state index < -0.39 is 0 Å². The Morgan fingerprint density at radius 1 is 0.256 bits per heavy atom. The van der Waals surface area contributed by atoms with E-state index >= 15 is 0 Å². The van der Waals surface area contributed by atoms with Crippen LogP contribution in [0.15, 0.2) is 237 Å². The summed E-state index contributed by atoms with van der Waals surface area (Å²) in [5.74, 6) is 0. The standard InChI is InChI=1S/3C28H22BN/c1-17-9-8-11-20-25(17)29-22-12-5-7-14-24(22)30-23-13-6-4-10-18(23)19-15-16-21(28(20,2)3)26(29)27(19)30;1-17-12-15-22-21(16-17)28(2,3)20-14-13-19-18-8-4-6-10-24(18)30-25-11-7-5-9-23(25)29(22)26(20)27(19)30;1-17-12-14-20-23(16-17)29-22-9-5-7-11-25(22)30-24-10-6-4-8-18(24)19-13-15-21(28(20,2)3)26(29)27(19)30/h3*4-16H,1-3H3. The molecule has 0 radical (unpaired) electrons. The third-order valence-electron chi connectivity index (χ3n) is 22.7. The third kappa shape index (κ3) is 6.53. The van der Waals surface area contributed by atoms with Gasteiger partial charge >= 0.3 is 0 Å². The van der Waals surface area contributed by atoms with Crippen LogP contribution in [-0.4, -0.2) is 33.8 Å². The Kier molecular flexibility index (Phi) is 10.4. The van der Waals surface area contributed by atoms with Gasteiger partial charge in [-0.1, -0.05) is 275 Å². The van der Waals surface area contributed by atoms with Gasteiger partial charge < -0.3 is 13.7 Å². The molecule has 12 aromatic carbocycles. The fourth-order valence-electron chi connectivity index (χ4n) is 18.7. The van der Waals surface area contributed by atoms with Crippen LogP contribution in [0.3, 0.4) is 0 Å². The first-order valence-electron chi connectivity index (χ1n) is 32.5. The smallest absolute Gasteiger partial charge is 0.247 e. The summed E-state index contributed by atoms with van der Waals surface area (Å²) in [6.45, 7) is 22.0. The van der Waals surface area contributed by atoms with Crippen LogP contribution in [0.25, 0.3) is 82.5 Å². The Hall–Kier alpha value is -9.77. The van der Waals surface area contributed by atoms with Crippen LogP contribution < -0.4 is 49.2 Å². The molecule has 0 aliphatic carbocycles. The lowest BCUT2D eigenvalue weighted by Crippen LogP contribution is -2.63. The highest BCUT2D eigenvalue weighted by molar-refractivity contribution is 7.00. The minimum Gasteiger partial charge on any atom is -0.310 e. The Balaban J connectivity index is 0.0000000972. The number of fused-ring (bicyclic) bond motifs is 24. The number of hydrogen-bond donors (Lipinski definition) is 0. The quantitative estimate of drug-likeness (QED) is 0.134. The molecule has 6 heteroatoms. The Morgan fingerprint density at radius 2 is 0.622 bits per heavy atom. The lowest BCUT2D eigenvalue weighted by atomic mass is 9.30. The van der Waals surface area contributed by atoms with Gasteiger partial charge in [0.1, 0.15) is 0 Å². The molecule has 0 saturated heterocycles. The normalized spacial score (nSPS) is 15.4. The molecule has 0 atom stereocenters. The zero-order chi connectivity index (χ0) is 60.6. The van der Waals surface area contributed by atoms with E-state index in [4.69, 9.17) is 0 Å². The fraction of sp³-hybridized carbons (Fsp3) is 0.143. The van der Waals surface area contributed by atoms with Gasteiger partial charge in [0, 0.05) is 82.2 Å². The van der Waals surface area contributed by atoms with Crippen LogP contribution >= 0.6 is 0 Å². The van der Waals surface area contributed by atoms with Crippen molar-refractivity contribution in [1.82, 2.24) is 13.7 Å². The first kappa shape index (κ1) is 52.2. The van der Waals surface area contributed by atoms with Gasteiger partial charge in [-0.25, -0.2) is 0 Å². The van der Waals surface area contributed by atoms with E-state index in [1.807, 2.05) is 0 Å². The molecule has 0 spiro atoms. The van der Waals surface area contributed by atoms with Crippen LogP contribution in [-0.2, 0) is 16.2 Å². The van der Waals surface area contributed by atoms with Crippen LogP contribution in [0.5, 0.6) is 0 Å².